The van der Waals surface area contributed by atoms with Crippen molar-refractivity contribution in [2.75, 3.05) is 6.61 Å². The van der Waals surface area contributed by atoms with Crippen molar-refractivity contribution in [3.8, 4) is 0 Å². The van der Waals surface area contributed by atoms with Crippen molar-refractivity contribution in [3.05, 3.63) is 67.0 Å². The Bertz CT molecular complexity index is 858. The van der Waals surface area contributed by atoms with Gasteiger partial charge in [-0.2, -0.15) is 0 Å². The van der Waals surface area contributed by atoms with E-state index in [1.807, 2.05) is 0 Å². The molecule has 1 aromatic heterocycles. The van der Waals surface area contributed by atoms with Gasteiger partial charge in [0.2, 0.25) is 0 Å². The topological polar surface area (TPSA) is 48.3 Å². The number of halogens is 2. The van der Waals surface area contributed by atoms with Gasteiger partial charge >= 0.3 is 5.97 Å². The average Bonchev–Trinajstić information content (AvgIpc) is 3.02. The van der Waals surface area contributed by atoms with Crippen LogP contribution in [0.1, 0.15) is 40.5 Å². The maximum absolute atomic E-state index is 12.7. The summed E-state index contributed by atoms with van der Waals surface area (Å²) in [6.07, 6.45) is 1.92. The van der Waals surface area contributed by atoms with Gasteiger partial charge in [0.25, 0.3) is 5.56 Å². The lowest BCUT2D eigenvalue weighted by atomic mass is 10.0. The van der Waals surface area contributed by atoms with E-state index in [0.29, 0.717) is 47.2 Å². The molecule has 0 amide bonds. The maximum Gasteiger partial charge on any atom is 0.339 e. The number of rotatable bonds is 4. The summed E-state index contributed by atoms with van der Waals surface area (Å²) in [5.74, 6) is -0.383. The van der Waals surface area contributed by atoms with Crippen molar-refractivity contribution < 1.29 is 9.53 Å². The summed E-state index contributed by atoms with van der Waals surface area (Å²) in [7, 11) is 0. The molecule has 2 heterocycles. The molecule has 0 fully saturated rings. The lowest BCUT2D eigenvalue weighted by Gasteiger charge is -2.13. The number of hydrogen-bond acceptors (Lipinski definition) is 3. The van der Waals surface area contributed by atoms with Crippen LogP contribution in [0.25, 0.3) is 0 Å². The molecule has 0 N–H and O–H groups in total. The normalized spacial score (nSPS) is 13.0. The number of esters is 1. The van der Waals surface area contributed by atoms with Crippen LogP contribution in [-0.2, 0) is 24.1 Å². The molecule has 0 aliphatic carbocycles. The van der Waals surface area contributed by atoms with Gasteiger partial charge in [0.05, 0.1) is 12.2 Å². The third kappa shape index (κ3) is 3.21. The van der Waals surface area contributed by atoms with Crippen LogP contribution in [0, 0.1) is 0 Å². The molecule has 1 aromatic carbocycles. The maximum atomic E-state index is 12.7. The molecule has 4 nitrogen and oxygen atoms in total. The number of ether oxygens (including phenoxy) is 1. The number of pyridine rings is 1. The minimum Gasteiger partial charge on any atom is -0.462 e. The summed E-state index contributed by atoms with van der Waals surface area (Å²) in [5.41, 5.74) is 2.51. The summed E-state index contributed by atoms with van der Waals surface area (Å²) >= 11 is 12.1. The summed E-state index contributed by atoms with van der Waals surface area (Å²) < 4.78 is 6.83. The highest BCUT2D eigenvalue weighted by molar-refractivity contribution is 6.35. The highest BCUT2D eigenvalue weighted by atomic mass is 35.5. The predicted octanol–water partition coefficient (Wildman–Crippen LogP) is 3.87. The van der Waals surface area contributed by atoms with Crippen molar-refractivity contribution in [2.24, 2.45) is 0 Å². The molecule has 0 radical (unpaired) electrons. The third-order valence-corrected chi connectivity index (χ3v) is 4.75. The lowest BCUT2D eigenvalue weighted by Crippen LogP contribution is -2.26. The molecule has 0 saturated carbocycles. The van der Waals surface area contributed by atoms with E-state index >= 15 is 0 Å². The second-order valence-corrected chi connectivity index (χ2v) is 6.57. The number of fused-ring (bicyclic) bond motifs is 1. The minimum atomic E-state index is -0.383. The van der Waals surface area contributed by atoms with Crippen LogP contribution in [-0.4, -0.2) is 17.1 Å². The zero-order valence-electron chi connectivity index (χ0n) is 13.3. The molecule has 1 aliphatic heterocycles. The van der Waals surface area contributed by atoms with Gasteiger partial charge in [-0.3, -0.25) is 4.79 Å². The van der Waals surface area contributed by atoms with E-state index in [2.05, 4.69) is 0 Å². The Morgan fingerprint density at radius 2 is 2.04 bits per heavy atom. The standard InChI is InChI=1S/C18H17Cl2NO3/c1-2-24-18(23)14-9-12(17(22)21-7-3-4-16(14)21)8-11-5-6-13(19)10-15(11)20/h5-6,9-10H,2-4,7-8H2,1H3. The van der Waals surface area contributed by atoms with E-state index in [0.717, 1.165) is 17.7 Å². The zero-order chi connectivity index (χ0) is 17.3. The Hall–Kier alpha value is -1.78. The van der Waals surface area contributed by atoms with E-state index in [1.54, 1.807) is 35.8 Å². The van der Waals surface area contributed by atoms with Gasteiger partial charge in [0.15, 0.2) is 0 Å². The van der Waals surface area contributed by atoms with Gasteiger partial charge in [0.1, 0.15) is 0 Å². The monoisotopic (exact) mass is 365 g/mol. The third-order valence-electron chi connectivity index (χ3n) is 4.16. The molecular weight excluding hydrogens is 349 g/mol. The Balaban J connectivity index is 2.06. The van der Waals surface area contributed by atoms with Crippen molar-refractivity contribution >= 4 is 29.2 Å². The highest BCUT2D eigenvalue weighted by Gasteiger charge is 2.24. The lowest BCUT2D eigenvalue weighted by molar-refractivity contribution is 0.0524. The zero-order valence-corrected chi connectivity index (χ0v) is 14.8. The van der Waals surface area contributed by atoms with Gasteiger partial charge in [-0.05, 0) is 43.5 Å². The van der Waals surface area contributed by atoms with Gasteiger partial charge in [-0.15, -0.1) is 0 Å². The van der Waals surface area contributed by atoms with E-state index in [9.17, 15) is 9.59 Å². The van der Waals surface area contributed by atoms with Gasteiger partial charge in [-0.25, -0.2) is 4.79 Å². The van der Waals surface area contributed by atoms with Crippen LogP contribution >= 0.6 is 23.2 Å². The molecule has 3 rings (SSSR count). The van der Waals surface area contributed by atoms with Gasteiger partial charge in [-0.1, -0.05) is 29.3 Å². The summed E-state index contributed by atoms with van der Waals surface area (Å²) in [6.45, 7) is 2.69. The summed E-state index contributed by atoms with van der Waals surface area (Å²) in [4.78, 5) is 25.0. The van der Waals surface area contributed by atoms with Crippen LogP contribution < -0.4 is 5.56 Å². The molecule has 0 atom stereocenters. The Labute approximate surface area is 150 Å². The van der Waals surface area contributed by atoms with E-state index in [4.69, 9.17) is 27.9 Å². The summed E-state index contributed by atoms with van der Waals surface area (Å²) in [6, 6.07) is 6.84. The van der Waals surface area contributed by atoms with Crippen LogP contribution in [0.5, 0.6) is 0 Å². The molecule has 0 unspecified atom stereocenters. The first kappa shape index (κ1) is 17.1. The fourth-order valence-corrected chi connectivity index (χ4v) is 3.53. The first-order valence-electron chi connectivity index (χ1n) is 7.88. The fourth-order valence-electron chi connectivity index (χ4n) is 3.05. The van der Waals surface area contributed by atoms with Crippen LogP contribution in [0.2, 0.25) is 10.0 Å². The molecule has 2 aromatic rings. The number of aromatic nitrogens is 1. The number of nitrogens with zero attached hydrogens (tertiary/aromatic N) is 1. The predicted molar refractivity (Wildman–Crippen MR) is 94.2 cm³/mol. The Morgan fingerprint density at radius 1 is 1.25 bits per heavy atom. The molecule has 1 aliphatic rings. The Kier molecular flexibility index (Phi) is 4.97. The van der Waals surface area contributed by atoms with E-state index in [1.165, 1.54) is 0 Å². The summed E-state index contributed by atoms with van der Waals surface area (Å²) in [5, 5.41) is 1.05. The fraction of sp³-hybridized carbons (Fsp3) is 0.333. The van der Waals surface area contributed by atoms with Crippen LogP contribution in [0.4, 0.5) is 0 Å². The molecule has 0 spiro atoms. The molecular formula is C18H17Cl2NO3. The van der Waals surface area contributed by atoms with Crippen LogP contribution in [0.15, 0.2) is 29.1 Å². The van der Waals surface area contributed by atoms with Crippen LogP contribution in [0.3, 0.4) is 0 Å². The number of carbonyl (C=O) groups excluding carboxylic acids is 1. The second-order valence-electron chi connectivity index (χ2n) is 5.72. The average molecular weight is 366 g/mol. The minimum absolute atomic E-state index is 0.0680. The molecule has 6 heteroatoms. The quantitative estimate of drug-likeness (QED) is 0.772. The number of hydrogen-bond donors (Lipinski definition) is 0. The van der Waals surface area contributed by atoms with Crippen molar-refractivity contribution in [1.29, 1.82) is 0 Å². The van der Waals surface area contributed by atoms with Crippen molar-refractivity contribution in [2.45, 2.75) is 32.7 Å². The van der Waals surface area contributed by atoms with Crippen molar-refractivity contribution in [3.63, 3.8) is 0 Å². The smallest absolute Gasteiger partial charge is 0.339 e. The van der Waals surface area contributed by atoms with E-state index < -0.39 is 0 Å². The Morgan fingerprint density at radius 3 is 2.75 bits per heavy atom. The molecule has 0 bridgehead atoms. The number of carbonyl (C=O) groups is 1. The van der Waals surface area contributed by atoms with Gasteiger partial charge < -0.3 is 9.30 Å². The molecule has 126 valence electrons. The largest absolute Gasteiger partial charge is 0.462 e. The molecule has 0 saturated heterocycles. The molecule has 24 heavy (non-hydrogen) atoms. The first-order valence-corrected chi connectivity index (χ1v) is 8.63. The van der Waals surface area contributed by atoms with Gasteiger partial charge in [0, 0.05) is 34.3 Å². The first-order chi connectivity index (χ1) is 11.5. The van der Waals surface area contributed by atoms with Crippen molar-refractivity contribution in [1.82, 2.24) is 4.57 Å². The SMILES string of the molecule is CCOC(=O)c1cc(Cc2ccc(Cl)cc2Cl)c(=O)n2c1CCC2. The number of benzene rings is 1. The second kappa shape index (κ2) is 6.99. The highest BCUT2D eigenvalue weighted by Crippen LogP contribution is 2.25. The van der Waals surface area contributed by atoms with E-state index in [-0.39, 0.29) is 11.5 Å².